The number of methoxy groups -OCH3 is 1. The Morgan fingerprint density at radius 3 is 2.75 bits per heavy atom. The highest BCUT2D eigenvalue weighted by atomic mass is 16.5. The SMILES string of the molecule is COc1cccc(N2CC(C(=O)N3CCN(C)c4ccccc4C3)CC2=O)c1. The van der Waals surface area contributed by atoms with Crippen molar-refractivity contribution in [1.29, 1.82) is 0 Å². The van der Waals surface area contributed by atoms with E-state index in [1.807, 2.05) is 41.3 Å². The van der Waals surface area contributed by atoms with Crippen LogP contribution in [0.4, 0.5) is 11.4 Å². The maximum absolute atomic E-state index is 13.2. The molecular weight excluding hydrogens is 354 g/mol. The van der Waals surface area contributed by atoms with Crippen LogP contribution in [0.5, 0.6) is 5.75 Å². The van der Waals surface area contributed by atoms with E-state index < -0.39 is 0 Å². The Morgan fingerprint density at radius 1 is 1.11 bits per heavy atom. The minimum Gasteiger partial charge on any atom is -0.497 e. The molecule has 1 fully saturated rings. The molecule has 1 saturated heterocycles. The van der Waals surface area contributed by atoms with E-state index in [9.17, 15) is 9.59 Å². The molecule has 6 heteroatoms. The van der Waals surface area contributed by atoms with Crippen LogP contribution in [-0.4, -0.2) is 50.5 Å². The zero-order valence-corrected chi connectivity index (χ0v) is 16.3. The van der Waals surface area contributed by atoms with Gasteiger partial charge in [0.1, 0.15) is 5.75 Å². The van der Waals surface area contributed by atoms with Crippen LogP contribution < -0.4 is 14.5 Å². The van der Waals surface area contributed by atoms with E-state index in [1.54, 1.807) is 12.0 Å². The summed E-state index contributed by atoms with van der Waals surface area (Å²) in [5, 5.41) is 0. The monoisotopic (exact) mass is 379 g/mol. The number of hydrogen-bond acceptors (Lipinski definition) is 4. The molecule has 28 heavy (non-hydrogen) atoms. The van der Waals surface area contributed by atoms with Gasteiger partial charge in [0.15, 0.2) is 0 Å². The molecule has 0 aromatic heterocycles. The van der Waals surface area contributed by atoms with Crippen molar-refractivity contribution in [3.8, 4) is 5.75 Å². The maximum atomic E-state index is 13.2. The van der Waals surface area contributed by atoms with Gasteiger partial charge in [-0.15, -0.1) is 0 Å². The van der Waals surface area contributed by atoms with Crippen LogP contribution in [-0.2, 0) is 16.1 Å². The van der Waals surface area contributed by atoms with E-state index in [2.05, 4.69) is 24.1 Å². The summed E-state index contributed by atoms with van der Waals surface area (Å²) < 4.78 is 5.26. The summed E-state index contributed by atoms with van der Waals surface area (Å²) in [5.41, 5.74) is 3.09. The number of carbonyl (C=O) groups excluding carboxylic acids is 2. The van der Waals surface area contributed by atoms with Crippen LogP contribution in [0, 0.1) is 5.92 Å². The number of rotatable bonds is 3. The van der Waals surface area contributed by atoms with Gasteiger partial charge in [-0.05, 0) is 23.8 Å². The zero-order chi connectivity index (χ0) is 19.7. The fraction of sp³-hybridized carbons (Fsp3) is 0.364. The highest BCUT2D eigenvalue weighted by Crippen LogP contribution is 2.30. The van der Waals surface area contributed by atoms with E-state index in [1.165, 1.54) is 5.69 Å². The van der Waals surface area contributed by atoms with E-state index in [0.29, 0.717) is 25.4 Å². The van der Waals surface area contributed by atoms with Crippen molar-refractivity contribution in [2.45, 2.75) is 13.0 Å². The summed E-state index contributed by atoms with van der Waals surface area (Å²) in [5.74, 6) is 0.435. The second-order valence-electron chi connectivity index (χ2n) is 7.42. The predicted octanol–water partition coefficient (Wildman–Crippen LogP) is 2.53. The number of benzene rings is 2. The third-order valence-corrected chi connectivity index (χ3v) is 5.62. The average Bonchev–Trinajstić information content (AvgIpc) is 3.03. The Labute approximate surface area is 165 Å². The van der Waals surface area contributed by atoms with Crippen LogP contribution in [0.3, 0.4) is 0 Å². The van der Waals surface area contributed by atoms with E-state index in [4.69, 9.17) is 4.74 Å². The van der Waals surface area contributed by atoms with Crippen LogP contribution in [0.15, 0.2) is 48.5 Å². The number of hydrogen-bond donors (Lipinski definition) is 0. The number of likely N-dealkylation sites (N-methyl/N-ethyl adjacent to an activating group) is 1. The second kappa shape index (κ2) is 7.54. The van der Waals surface area contributed by atoms with Crippen LogP contribution in [0.2, 0.25) is 0 Å². The summed E-state index contributed by atoms with van der Waals surface area (Å²) in [6.07, 6.45) is 0.254. The van der Waals surface area contributed by atoms with Gasteiger partial charge < -0.3 is 19.4 Å². The molecule has 146 valence electrons. The molecule has 0 N–H and O–H groups in total. The van der Waals surface area contributed by atoms with Crippen molar-refractivity contribution in [2.24, 2.45) is 5.92 Å². The van der Waals surface area contributed by atoms with Crippen molar-refractivity contribution in [1.82, 2.24) is 4.90 Å². The van der Waals surface area contributed by atoms with E-state index >= 15 is 0 Å². The molecule has 0 radical (unpaired) electrons. The Bertz CT molecular complexity index is 898. The zero-order valence-electron chi connectivity index (χ0n) is 16.3. The first kappa shape index (κ1) is 18.3. The number of amides is 2. The lowest BCUT2D eigenvalue weighted by molar-refractivity contribution is -0.136. The molecule has 2 aliphatic rings. The van der Waals surface area contributed by atoms with Gasteiger partial charge >= 0.3 is 0 Å². The minimum atomic E-state index is -0.311. The van der Waals surface area contributed by atoms with Crippen molar-refractivity contribution in [3.63, 3.8) is 0 Å². The molecule has 0 aliphatic carbocycles. The fourth-order valence-corrected chi connectivity index (χ4v) is 4.04. The lowest BCUT2D eigenvalue weighted by atomic mass is 10.1. The predicted molar refractivity (Wildman–Crippen MR) is 109 cm³/mol. The number of fused-ring (bicyclic) bond motifs is 1. The first-order valence-electron chi connectivity index (χ1n) is 9.59. The summed E-state index contributed by atoms with van der Waals surface area (Å²) in [4.78, 5) is 31.6. The van der Waals surface area contributed by atoms with E-state index in [-0.39, 0.29) is 24.2 Å². The summed E-state index contributed by atoms with van der Waals surface area (Å²) in [6.45, 7) is 2.44. The molecule has 4 rings (SSSR count). The topological polar surface area (TPSA) is 53.1 Å². The summed E-state index contributed by atoms with van der Waals surface area (Å²) in [6, 6.07) is 15.6. The third-order valence-electron chi connectivity index (χ3n) is 5.62. The molecule has 2 aromatic rings. The molecule has 1 atom stereocenters. The normalized spacial score (nSPS) is 19.4. The van der Waals surface area contributed by atoms with Gasteiger partial charge in [0.05, 0.1) is 13.0 Å². The number of ether oxygens (including phenoxy) is 1. The minimum absolute atomic E-state index is 0.0149. The van der Waals surface area contributed by atoms with Gasteiger partial charge in [-0.1, -0.05) is 24.3 Å². The van der Waals surface area contributed by atoms with Gasteiger partial charge in [-0.3, -0.25) is 9.59 Å². The van der Waals surface area contributed by atoms with Gasteiger partial charge in [0.25, 0.3) is 0 Å². The van der Waals surface area contributed by atoms with Crippen molar-refractivity contribution in [3.05, 3.63) is 54.1 Å². The lowest BCUT2D eigenvalue weighted by Gasteiger charge is -2.24. The van der Waals surface area contributed by atoms with Crippen LogP contribution >= 0.6 is 0 Å². The molecule has 6 nitrogen and oxygen atoms in total. The molecule has 0 saturated carbocycles. The van der Waals surface area contributed by atoms with Crippen molar-refractivity contribution < 1.29 is 14.3 Å². The van der Waals surface area contributed by atoms with Gasteiger partial charge in [-0.2, -0.15) is 0 Å². The first-order valence-corrected chi connectivity index (χ1v) is 9.59. The number of nitrogens with zero attached hydrogens (tertiary/aromatic N) is 3. The smallest absolute Gasteiger partial charge is 0.228 e. The second-order valence-corrected chi connectivity index (χ2v) is 7.42. The Balaban J connectivity index is 1.50. The number of para-hydroxylation sites is 1. The molecule has 2 amide bonds. The molecule has 2 heterocycles. The molecule has 0 bridgehead atoms. The first-order chi connectivity index (χ1) is 13.6. The summed E-state index contributed by atoms with van der Waals surface area (Å²) >= 11 is 0. The number of anilines is 2. The Kier molecular flexibility index (Phi) is 4.94. The Hall–Kier alpha value is -3.02. The van der Waals surface area contributed by atoms with Crippen LogP contribution in [0.25, 0.3) is 0 Å². The van der Waals surface area contributed by atoms with Crippen molar-refractivity contribution in [2.75, 3.05) is 43.6 Å². The third kappa shape index (κ3) is 3.42. The van der Waals surface area contributed by atoms with Gasteiger partial charge in [0, 0.05) is 57.1 Å². The standard InChI is InChI=1S/C22H25N3O3/c1-23-10-11-24(14-16-6-3-4-9-20(16)23)22(27)17-12-21(26)25(15-17)18-7-5-8-19(13-18)28-2/h3-9,13,17H,10-12,14-15H2,1-2H3. The molecular formula is C22H25N3O3. The average molecular weight is 379 g/mol. The molecule has 1 unspecified atom stereocenters. The molecule has 0 spiro atoms. The largest absolute Gasteiger partial charge is 0.497 e. The van der Waals surface area contributed by atoms with Crippen LogP contribution in [0.1, 0.15) is 12.0 Å². The number of carbonyl (C=O) groups is 2. The maximum Gasteiger partial charge on any atom is 0.228 e. The highest BCUT2D eigenvalue weighted by molar-refractivity contribution is 6.00. The van der Waals surface area contributed by atoms with E-state index in [0.717, 1.165) is 17.8 Å². The quantitative estimate of drug-likeness (QED) is 0.822. The molecule has 2 aliphatic heterocycles. The highest BCUT2D eigenvalue weighted by Gasteiger charge is 2.38. The van der Waals surface area contributed by atoms with Gasteiger partial charge in [-0.25, -0.2) is 0 Å². The molecule has 2 aromatic carbocycles. The van der Waals surface area contributed by atoms with Crippen molar-refractivity contribution >= 4 is 23.2 Å². The Morgan fingerprint density at radius 2 is 1.93 bits per heavy atom. The summed E-state index contributed by atoms with van der Waals surface area (Å²) in [7, 11) is 3.65. The lowest BCUT2D eigenvalue weighted by Crippen LogP contribution is -2.39. The fourth-order valence-electron chi connectivity index (χ4n) is 4.04. The van der Waals surface area contributed by atoms with Gasteiger partial charge in [0.2, 0.25) is 11.8 Å².